The topological polar surface area (TPSA) is 125 Å². The molecule has 5 heterocycles. The zero-order valence-electron chi connectivity index (χ0n) is 19.1. The number of para-hydroxylation sites is 1. The zero-order chi connectivity index (χ0) is 24.1. The second kappa shape index (κ2) is 8.09. The van der Waals surface area contributed by atoms with Crippen molar-refractivity contribution in [2.45, 2.75) is 12.8 Å². The van der Waals surface area contributed by atoms with Crippen molar-refractivity contribution in [3.05, 3.63) is 73.2 Å². The van der Waals surface area contributed by atoms with E-state index in [0.29, 0.717) is 22.7 Å². The molecule has 1 fully saturated rings. The lowest BCUT2D eigenvalue weighted by Crippen LogP contribution is -2.13. The average Bonchev–Trinajstić information content (AvgIpc) is 3.55. The third-order valence-corrected chi connectivity index (χ3v) is 6.34. The van der Waals surface area contributed by atoms with Crippen LogP contribution in [0.2, 0.25) is 0 Å². The number of benzene rings is 1. The van der Waals surface area contributed by atoms with E-state index in [9.17, 15) is 4.79 Å². The Morgan fingerprint density at radius 3 is 2.72 bits per heavy atom. The quantitative estimate of drug-likeness (QED) is 0.325. The van der Waals surface area contributed by atoms with Crippen LogP contribution in [0.3, 0.4) is 0 Å². The number of nitrogens with zero attached hydrogens (tertiary/aromatic N) is 5. The van der Waals surface area contributed by atoms with Crippen LogP contribution in [0, 0.1) is 5.92 Å². The van der Waals surface area contributed by atoms with Crippen molar-refractivity contribution in [1.82, 2.24) is 35.1 Å². The van der Waals surface area contributed by atoms with Gasteiger partial charge in [0.1, 0.15) is 5.52 Å². The minimum Gasteiger partial charge on any atom is -0.336 e. The maximum Gasteiger partial charge on any atom is 0.227 e. The minimum absolute atomic E-state index is 0.0458. The van der Waals surface area contributed by atoms with Crippen molar-refractivity contribution in [2.24, 2.45) is 5.92 Å². The van der Waals surface area contributed by atoms with E-state index in [1.165, 1.54) is 0 Å². The highest BCUT2D eigenvalue weighted by atomic mass is 16.2. The van der Waals surface area contributed by atoms with Crippen molar-refractivity contribution in [2.75, 3.05) is 5.32 Å². The Kier molecular flexibility index (Phi) is 4.60. The highest BCUT2D eigenvalue weighted by Crippen LogP contribution is 2.32. The number of nitrogens with one attached hydrogen (secondary N) is 3. The van der Waals surface area contributed by atoms with Crippen molar-refractivity contribution >= 4 is 33.7 Å². The number of hydrogen-bond donors (Lipinski definition) is 3. The van der Waals surface area contributed by atoms with Gasteiger partial charge < -0.3 is 10.3 Å². The molecule has 0 radical (unpaired) electrons. The molecule has 5 aromatic heterocycles. The first-order chi connectivity index (χ1) is 17.7. The van der Waals surface area contributed by atoms with Gasteiger partial charge in [0, 0.05) is 29.4 Å². The largest absolute Gasteiger partial charge is 0.336 e. The lowest BCUT2D eigenvalue weighted by atomic mass is 10.1. The molecule has 0 unspecified atom stereocenters. The third kappa shape index (κ3) is 3.58. The maximum atomic E-state index is 12.2. The van der Waals surface area contributed by atoms with Gasteiger partial charge in [0.15, 0.2) is 11.5 Å². The molecule has 1 aliphatic rings. The number of rotatable bonds is 5. The number of imidazole rings is 1. The summed E-state index contributed by atoms with van der Waals surface area (Å²) in [6, 6.07) is 17.5. The molecular formula is C27H20N8O. The van der Waals surface area contributed by atoms with Crippen LogP contribution in [0.4, 0.5) is 5.69 Å². The molecule has 6 aromatic rings. The van der Waals surface area contributed by atoms with Crippen molar-refractivity contribution in [3.8, 4) is 34.0 Å². The number of aromatic nitrogens is 7. The number of fused-ring (bicyclic) bond motifs is 2. The predicted molar refractivity (Wildman–Crippen MR) is 137 cm³/mol. The van der Waals surface area contributed by atoms with Crippen LogP contribution < -0.4 is 5.32 Å². The summed E-state index contributed by atoms with van der Waals surface area (Å²) in [5.74, 6) is 0.788. The van der Waals surface area contributed by atoms with E-state index in [2.05, 4.69) is 30.5 Å². The summed E-state index contributed by atoms with van der Waals surface area (Å²) >= 11 is 0. The molecule has 1 aromatic carbocycles. The molecule has 0 spiro atoms. The van der Waals surface area contributed by atoms with Crippen LogP contribution in [0.5, 0.6) is 0 Å². The lowest BCUT2D eigenvalue weighted by Gasteiger charge is -2.06. The molecule has 3 N–H and O–H groups in total. The summed E-state index contributed by atoms with van der Waals surface area (Å²) in [5, 5.41) is 10.5. The van der Waals surface area contributed by atoms with Gasteiger partial charge in [-0.2, -0.15) is 5.10 Å². The monoisotopic (exact) mass is 472 g/mol. The molecule has 1 aliphatic carbocycles. The number of anilines is 1. The molecule has 174 valence electrons. The lowest BCUT2D eigenvalue weighted by molar-refractivity contribution is -0.117. The highest BCUT2D eigenvalue weighted by molar-refractivity contribution is 5.96. The van der Waals surface area contributed by atoms with E-state index in [1.807, 2.05) is 54.6 Å². The Hall–Kier alpha value is -4.92. The van der Waals surface area contributed by atoms with Crippen molar-refractivity contribution in [3.63, 3.8) is 0 Å². The Morgan fingerprint density at radius 1 is 0.917 bits per heavy atom. The number of H-pyrrole nitrogens is 2. The van der Waals surface area contributed by atoms with Crippen LogP contribution in [-0.4, -0.2) is 41.0 Å². The standard InChI is InChI=1S/C27H20N8O/c36-27(15-7-8-15)30-17-12-16(13-28-14-17)19-9-10-22-24(31-19)25(35-34-22)26-32-21-6-3-4-18(23(21)33-26)20-5-1-2-11-29-20/h1-6,9-15H,7-8H2,(H,30,36)(H,32,33)(H,34,35). The molecule has 36 heavy (non-hydrogen) atoms. The Morgan fingerprint density at radius 2 is 1.86 bits per heavy atom. The van der Waals surface area contributed by atoms with Gasteiger partial charge in [-0.25, -0.2) is 9.97 Å². The Labute approximate surface area is 205 Å². The zero-order valence-corrected chi connectivity index (χ0v) is 19.1. The SMILES string of the molecule is O=C(Nc1cncc(-c2ccc3[nH]nc(-c4nc5c(-c6ccccn6)cccc5[nH]4)c3n2)c1)C1CC1. The summed E-state index contributed by atoms with van der Waals surface area (Å²) in [6.07, 6.45) is 7.06. The fraction of sp³-hybridized carbons (Fsp3) is 0.111. The van der Waals surface area contributed by atoms with Crippen molar-refractivity contribution < 1.29 is 4.79 Å². The molecule has 9 heteroatoms. The molecular weight excluding hydrogens is 452 g/mol. The molecule has 0 saturated heterocycles. The highest BCUT2D eigenvalue weighted by Gasteiger charge is 2.29. The van der Waals surface area contributed by atoms with Crippen LogP contribution in [0.25, 0.3) is 56.1 Å². The Balaban J connectivity index is 1.28. The van der Waals surface area contributed by atoms with Gasteiger partial charge in [0.25, 0.3) is 0 Å². The smallest absolute Gasteiger partial charge is 0.227 e. The van der Waals surface area contributed by atoms with Gasteiger partial charge in [-0.1, -0.05) is 18.2 Å². The summed E-state index contributed by atoms with van der Waals surface area (Å²) < 4.78 is 0. The first-order valence-electron chi connectivity index (χ1n) is 11.7. The number of carbonyl (C=O) groups excluding carboxylic acids is 1. The van der Waals surface area contributed by atoms with E-state index in [0.717, 1.165) is 51.9 Å². The molecule has 0 atom stereocenters. The molecule has 7 rings (SSSR count). The van der Waals surface area contributed by atoms with Crippen LogP contribution >= 0.6 is 0 Å². The molecule has 1 amide bonds. The van der Waals surface area contributed by atoms with Crippen molar-refractivity contribution in [1.29, 1.82) is 0 Å². The van der Waals surface area contributed by atoms with E-state index >= 15 is 0 Å². The fourth-order valence-electron chi connectivity index (χ4n) is 4.34. The summed E-state index contributed by atoms with van der Waals surface area (Å²) in [4.78, 5) is 34.1. The second-order valence-electron chi connectivity index (χ2n) is 8.89. The Bertz CT molecular complexity index is 1750. The van der Waals surface area contributed by atoms with Gasteiger partial charge in [-0.05, 0) is 49.2 Å². The number of aromatic amines is 2. The first-order valence-corrected chi connectivity index (χ1v) is 11.7. The van der Waals surface area contributed by atoms with E-state index in [-0.39, 0.29) is 11.8 Å². The van der Waals surface area contributed by atoms with Crippen LogP contribution in [0.1, 0.15) is 12.8 Å². The predicted octanol–water partition coefficient (Wildman–Crippen LogP) is 4.97. The molecule has 0 bridgehead atoms. The molecule has 1 saturated carbocycles. The number of amides is 1. The molecule has 9 nitrogen and oxygen atoms in total. The summed E-state index contributed by atoms with van der Waals surface area (Å²) in [6.45, 7) is 0. The minimum atomic E-state index is 0.0458. The number of pyridine rings is 3. The van der Waals surface area contributed by atoms with Crippen LogP contribution in [-0.2, 0) is 4.79 Å². The van der Waals surface area contributed by atoms with E-state index < -0.39 is 0 Å². The second-order valence-corrected chi connectivity index (χ2v) is 8.89. The van der Waals surface area contributed by atoms with Gasteiger partial charge in [-0.3, -0.25) is 19.9 Å². The average molecular weight is 473 g/mol. The number of hydrogen-bond acceptors (Lipinski definition) is 6. The third-order valence-electron chi connectivity index (χ3n) is 6.34. The van der Waals surface area contributed by atoms with E-state index in [1.54, 1.807) is 18.6 Å². The normalized spacial score (nSPS) is 13.3. The van der Waals surface area contributed by atoms with Crippen LogP contribution in [0.15, 0.2) is 73.2 Å². The molecule has 0 aliphatic heterocycles. The van der Waals surface area contributed by atoms with Gasteiger partial charge >= 0.3 is 0 Å². The van der Waals surface area contributed by atoms with Gasteiger partial charge in [-0.15, -0.1) is 0 Å². The summed E-state index contributed by atoms with van der Waals surface area (Å²) in [5.41, 5.74) is 7.83. The first kappa shape index (κ1) is 20.5. The fourth-order valence-corrected chi connectivity index (χ4v) is 4.34. The summed E-state index contributed by atoms with van der Waals surface area (Å²) in [7, 11) is 0. The van der Waals surface area contributed by atoms with Gasteiger partial charge in [0.05, 0.1) is 39.8 Å². The van der Waals surface area contributed by atoms with E-state index in [4.69, 9.17) is 9.97 Å². The van der Waals surface area contributed by atoms with Gasteiger partial charge in [0.2, 0.25) is 5.91 Å². The maximum absolute atomic E-state index is 12.2. The number of carbonyl (C=O) groups is 1.